The molecule has 3 aromatic heterocycles. The van der Waals surface area contributed by atoms with E-state index in [1.807, 2.05) is 0 Å². The minimum atomic E-state index is -0.324. The third-order valence-electron chi connectivity index (χ3n) is 7.00. The second kappa shape index (κ2) is 11.1. The monoisotopic (exact) mass is 543 g/mol. The summed E-state index contributed by atoms with van der Waals surface area (Å²) in [6.07, 6.45) is 7.13. The summed E-state index contributed by atoms with van der Waals surface area (Å²) in [5.41, 5.74) is 3.70. The third-order valence-corrected chi connectivity index (χ3v) is 7.00. The van der Waals surface area contributed by atoms with Crippen LogP contribution in [0.25, 0.3) is 28.5 Å². The minimum Gasteiger partial charge on any atom is -0.432 e. The molecule has 2 aromatic carbocycles. The predicted octanol–water partition coefficient (Wildman–Crippen LogP) is 5.16. The molecule has 204 valence electrons. The van der Waals surface area contributed by atoms with Gasteiger partial charge in [0.25, 0.3) is 0 Å². The molecule has 1 aliphatic rings. The lowest BCUT2D eigenvalue weighted by atomic mass is 10.1. The summed E-state index contributed by atoms with van der Waals surface area (Å²) in [6, 6.07) is 14.2. The number of nitrogens with one attached hydrogen (secondary N) is 2. The van der Waals surface area contributed by atoms with E-state index in [-0.39, 0.29) is 23.7 Å². The number of piperidine rings is 1. The van der Waals surface area contributed by atoms with Gasteiger partial charge in [-0.3, -0.25) is 4.40 Å². The number of urea groups is 1. The highest BCUT2D eigenvalue weighted by atomic mass is 19.1. The smallest absolute Gasteiger partial charge is 0.317 e. The van der Waals surface area contributed by atoms with Gasteiger partial charge in [-0.05, 0) is 67.3 Å². The lowest BCUT2D eigenvalue weighted by Gasteiger charge is -2.32. The topological polar surface area (TPSA) is 101 Å². The number of fused-ring (bicyclic) bond motifs is 1. The quantitative estimate of drug-likeness (QED) is 0.294. The Labute approximate surface area is 228 Å². The number of benzene rings is 2. The van der Waals surface area contributed by atoms with Gasteiger partial charge in [0.05, 0.1) is 5.69 Å². The molecule has 40 heavy (non-hydrogen) atoms. The fourth-order valence-electron chi connectivity index (χ4n) is 4.89. The van der Waals surface area contributed by atoms with E-state index >= 15 is 0 Å². The van der Waals surface area contributed by atoms with Gasteiger partial charge in [-0.15, -0.1) is 0 Å². The van der Waals surface area contributed by atoms with Crippen molar-refractivity contribution in [2.75, 3.05) is 25.0 Å². The van der Waals surface area contributed by atoms with E-state index in [4.69, 9.17) is 9.40 Å². The molecule has 1 aliphatic heterocycles. The Hall–Kier alpha value is -4.80. The van der Waals surface area contributed by atoms with Gasteiger partial charge in [0, 0.05) is 43.6 Å². The van der Waals surface area contributed by atoms with Crippen LogP contribution in [0.4, 0.5) is 19.5 Å². The van der Waals surface area contributed by atoms with E-state index in [0.29, 0.717) is 54.9 Å². The molecule has 6 rings (SSSR count). The summed E-state index contributed by atoms with van der Waals surface area (Å²) in [7, 11) is 0. The lowest BCUT2D eigenvalue weighted by molar-refractivity contribution is 0.184. The molecule has 0 spiro atoms. The molecule has 5 aromatic rings. The maximum Gasteiger partial charge on any atom is 0.317 e. The van der Waals surface area contributed by atoms with Crippen LogP contribution in [0, 0.1) is 11.6 Å². The van der Waals surface area contributed by atoms with Gasteiger partial charge in [-0.1, -0.05) is 12.1 Å². The maximum atomic E-state index is 13.5. The van der Waals surface area contributed by atoms with E-state index in [2.05, 4.69) is 20.6 Å². The van der Waals surface area contributed by atoms with Gasteiger partial charge >= 0.3 is 11.9 Å². The number of oxazole rings is 1. The van der Waals surface area contributed by atoms with E-state index in [1.54, 1.807) is 58.3 Å². The zero-order valence-electron chi connectivity index (χ0n) is 21.6. The first-order chi connectivity index (χ1) is 19.5. The molecule has 0 radical (unpaired) electrons. The Morgan fingerprint density at radius 1 is 0.975 bits per heavy atom. The number of hydrogen-bond donors (Lipinski definition) is 2. The molecule has 1 saturated heterocycles. The average molecular weight is 544 g/mol. The van der Waals surface area contributed by atoms with Crippen molar-refractivity contribution in [2.45, 2.75) is 25.3 Å². The Balaban J connectivity index is 1.08. The van der Waals surface area contributed by atoms with Gasteiger partial charge < -0.3 is 20.0 Å². The number of rotatable bonds is 7. The van der Waals surface area contributed by atoms with Crippen molar-refractivity contribution in [3.05, 3.63) is 90.5 Å². The summed E-state index contributed by atoms with van der Waals surface area (Å²) < 4.78 is 33.9. The van der Waals surface area contributed by atoms with Crippen molar-refractivity contribution >= 4 is 17.8 Å². The molecule has 0 saturated carbocycles. The van der Waals surface area contributed by atoms with Crippen molar-refractivity contribution in [1.82, 2.24) is 29.6 Å². The number of imidazole rings is 1. The van der Waals surface area contributed by atoms with Crippen LogP contribution in [0.5, 0.6) is 0 Å². The fourth-order valence-corrected chi connectivity index (χ4v) is 4.89. The molecule has 2 amide bonds. The summed E-state index contributed by atoms with van der Waals surface area (Å²) in [5, 5.41) is 6.36. The second-order valence-corrected chi connectivity index (χ2v) is 9.65. The number of aromatic nitrogens is 4. The number of carbonyl (C=O) groups is 1. The van der Waals surface area contributed by atoms with Gasteiger partial charge in [-0.25, -0.2) is 23.5 Å². The van der Waals surface area contributed by atoms with Crippen LogP contribution >= 0.6 is 0 Å². The number of nitrogens with zero attached hydrogens (tertiary/aromatic N) is 5. The molecule has 0 unspecified atom stereocenters. The van der Waals surface area contributed by atoms with Gasteiger partial charge in [0.1, 0.15) is 29.3 Å². The normalized spacial score (nSPS) is 14.0. The summed E-state index contributed by atoms with van der Waals surface area (Å²) in [6.45, 7) is 1.70. The standard InChI is InChI=1S/C29H27F2N7O2/c30-21-5-1-19(2-6-21)9-13-33-28(39)37-15-11-23(12-16-37)34-27-32-14-10-24(35-27)26-25(20-3-7-22(31)8-4-20)36-29-38(26)17-18-40-29/h1-8,10,14,17-18,23H,9,11-13,15-16H2,(H,33,39)(H,32,34,35). The zero-order valence-corrected chi connectivity index (χ0v) is 21.6. The highest BCUT2D eigenvalue weighted by Gasteiger charge is 2.24. The summed E-state index contributed by atoms with van der Waals surface area (Å²) in [5.74, 6) is 0.289. The summed E-state index contributed by atoms with van der Waals surface area (Å²) >= 11 is 0. The van der Waals surface area contributed by atoms with Gasteiger partial charge in [0.2, 0.25) is 5.95 Å². The molecular formula is C29H27F2N7O2. The number of carbonyl (C=O) groups excluding carboxylic acids is 1. The molecule has 4 heterocycles. The third kappa shape index (κ3) is 5.49. The van der Waals surface area contributed by atoms with Crippen LogP contribution in [-0.2, 0) is 6.42 Å². The lowest BCUT2D eigenvalue weighted by Crippen LogP contribution is -2.47. The van der Waals surface area contributed by atoms with Crippen molar-refractivity contribution < 1.29 is 18.0 Å². The first-order valence-electron chi connectivity index (χ1n) is 13.1. The van der Waals surface area contributed by atoms with E-state index in [1.165, 1.54) is 24.3 Å². The second-order valence-electron chi connectivity index (χ2n) is 9.65. The SMILES string of the molecule is O=C(NCCc1ccc(F)cc1)N1CCC(Nc2nccc(-c3c(-c4ccc(F)cc4)nc4occn34)n2)CC1. The van der Waals surface area contributed by atoms with Crippen LogP contribution in [-0.4, -0.2) is 56.0 Å². The van der Waals surface area contributed by atoms with Crippen LogP contribution in [0.15, 0.2) is 77.7 Å². The van der Waals surface area contributed by atoms with Crippen molar-refractivity contribution in [1.29, 1.82) is 0 Å². The van der Waals surface area contributed by atoms with Gasteiger partial charge in [-0.2, -0.15) is 4.98 Å². The Morgan fingerprint density at radius 2 is 1.70 bits per heavy atom. The zero-order chi connectivity index (χ0) is 27.5. The molecule has 0 aliphatic carbocycles. The van der Waals surface area contributed by atoms with Crippen molar-refractivity contribution in [3.8, 4) is 22.6 Å². The average Bonchev–Trinajstić information content (AvgIpc) is 3.57. The minimum absolute atomic E-state index is 0.100. The molecule has 0 atom stereocenters. The largest absolute Gasteiger partial charge is 0.432 e. The highest BCUT2D eigenvalue weighted by Crippen LogP contribution is 2.32. The fraction of sp³-hybridized carbons (Fsp3) is 0.241. The Bertz CT molecular complexity index is 1610. The van der Waals surface area contributed by atoms with Gasteiger partial charge in [0.15, 0.2) is 0 Å². The van der Waals surface area contributed by atoms with Crippen molar-refractivity contribution in [3.63, 3.8) is 0 Å². The van der Waals surface area contributed by atoms with Crippen LogP contribution in [0.2, 0.25) is 0 Å². The summed E-state index contributed by atoms with van der Waals surface area (Å²) in [4.78, 5) is 28.2. The Morgan fingerprint density at radius 3 is 2.45 bits per heavy atom. The van der Waals surface area contributed by atoms with E-state index in [0.717, 1.165) is 24.0 Å². The molecule has 0 bridgehead atoms. The van der Waals surface area contributed by atoms with E-state index in [9.17, 15) is 13.6 Å². The van der Waals surface area contributed by atoms with Crippen molar-refractivity contribution in [2.24, 2.45) is 0 Å². The first-order valence-corrected chi connectivity index (χ1v) is 13.1. The van der Waals surface area contributed by atoms with Crippen LogP contribution in [0.1, 0.15) is 18.4 Å². The molecule has 2 N–H and O–H groups in total. The van der Waals surface area contributed by atoms with E-state index < -0.39 is 0 Å². The molecule has 1 fully saturated rings. The van der Waals surface area contributed by atoms with Crippen LogP contribution < -0.4 is 10.6 Å². The molecule has 11 heteroatoms. The number of amides is 2. The molecule has 9 nitrogen and oxygen atoms in total. The highest BCUT2D eigenvalue weighted by molar-refractivity contribution is 5.79. The first kappa shape index (κ1) is 25.5. The number of hydrogen-bond acceptors (Lipinski definition) is 6. The number of halogens is 2. The predicted molar refractivity (Wildman–Crippen MR) is 146 cm³/mol. The number of anilines is 1. The Kier molecular flexibility index (Phi) is 7.09. The van der Waals surface area contributed by atoms with Crippen LogP contribution in [0.3, 0.4) is 0 Å². The molecular weight excluding hydrogens is 516 g/mol. The number of likely N-dealkylation sites (tertiary alicyclic amines) is 1. The maximum absolute atomic E-state index is 13.5.